The van der Waals surface area contributed by atoms with E-state index in [1.165, 1.54) is 4.90 Å². The first-order valence-electron chi connectivity index (χ1n) is 7.75. The molecule has 1 unspecified atom stereocenters. The molecule has 1 aliphatic heterocycles. The van der Waals surface area contributed by atoms with E-state index < -0.39 is 11.4 Å². The standard InChI is InChI=1S/C15H24N2O3S/c1-3-11(10-21-2)17-13(19)15(12(18)16-14(17)20)8-6-4-5-7-9-15/h11H,3-10H2,1-2H3,(H,16,18,20). The number of carbonyl (C=O) groups excluding carboxylic acids is 3. The SMILES string of the molecule is CCC(CSC)N1C(=O)NC(=O)C2(CCCCCC2)C1=O. The van der Waals surface area contributed by atoms with Gasteiger partial charge in [-0.05, 0) is 25.5 Å². The number of rotatable bonds is 4. The van der Waals surface area contributed by atoms with E-state index in [-0.39, 0.29) is 17.9 Å². The van der Waals surface area contributed by atoms with Crippen LogP contribution in [0.5, 0.6) is 0 Å². The maximum atomic E-state index is 13.0. The number of amides is 4. The molecule has 1 heterocycles. The van der Waals surface area contributed by atoms with Crippen molar-refractivity contribution in [3.63, 3.8) is 0 Å². The molecule has 2 rings (SSSR count). The number of nitrogens with one attached hydrogen (secondary N) is 1. The second kappa shape index (κ2) is 6.81. The fraction of sp³-hybridized carbons (Fsp3) is 0.800. The van der Waals surface area contributed by atoms with E-state index in [9.17, 15) is 14.4 Å². The van der Waals surface area contributed by atoms with Gasteiger partial charge >= 0.3 is 6.03 Å². The summed E-state index contributed by atoms with van der Waals surface area (Å²) in [6.07, 6.45) is 7.66. The van der Waals surface area contributed by atoms with Crippen molar-refractivity contribution in [3.05, 3.63) is 0 Å². The molecular weight excluding hydrogens is 288 g/mol. The Hall–Kier alpha value is -1.04. The Morgan fingerprint density at radius 3 is 2.33 bits per heavy atom. The Kier molecular flexibility index (Phi) is 5.30. The number of hydrogen-bond acceptors (Lipinski definition) is 4. The molecule has 1 aliphatic carbocycles. The molecule has 21 heavy (non-hydrogen) atoms. The van der Waals surface area contributed by atoms with Gasteiger partial charge in [0, 0.05) is 5.75 Å². The summed E-state index contributed by atoms with van der Waals surface area (Å²) < 4.78 is 0. The second-order valence-electron chi connectivity index (χ2n) is 5.95. The van der Waals surface area contributed by atoms with E-state index in [0.29, 0.717) is 25.0 Å². The molecule has 2 aliphatic rings. The van der Waals surface area contributed by atoms with Crippen LogP contribution in [0.25, 0.3) is 0 Å². The van der Waals surface area contributed by atoms with E-state index in [1.807, 2.05) is 13.2 Å². The van der Waals surface area contributed by atoms with Crippen molar-refractivity contribution < 1.29 is 14.4 Å². The summed E-state index contributed by atoms with van der Waals surface area (Å²) in [5.74, 6) is 0.0635. The molecule has 4 amide bonds. The van der Waals surface area contributed by atoms with Crippen LogP contribution >= 0.6 is 11.8 Å². The maximum absolute atomic E-state index is 13.0. The second-order valence-corrected chi connectivity index (χ2v) is 6.86. The zero-order chi connectivity index (χ0) is 15.5. The van der Waals surface area contributed by atoms with Crippen molar-refractivity contribution in [2.75, 3.05) is 12.0 Å². The van der Waals surface area contributed by atoms with E-state index >= 15 is 0 Å². The zero-order valence-electron chi connectivity index (χ0n) is 12.8. The van der Waals surface area contributed by atoms with Gasteiger partial charge in [0.1, 0.15) is 5.41 Å². The van der Waals surface area contributed by atoms with Crippen LogP contribution in [0.3, 0.4) is 0 Å². The largest absolute Gasteiger partial charge is 0.331 e. The Bertz CT molecular complexity index is 431. The molecule has 0 bridgehead atoms. The Balaban J connectivity index is 2.32. The molecule has 1 atom stereocenters. The minimum atomic E-state index is -1.00. The number of urea groups is 1. The third-order valence-corrected chi connectivity index (χ3v) is 5.37. The maximum Gasteiger partial charge on any atom is 0.331 e. The van der Waals surface area contributed by atoms with Crippen LogP contribution in [0, 0.1) is 5.41 Å². The summed E-state index contributed by atoms with van der Waals surface area (Å²) >= 11 is 1.61. The van der Waals surface area contributed by atoms with E-state index in [1.54, 1.807) is 11.8 Å². The summed E-state index contributed by atoms with van der Waals surface area (Å²) in [5, 5.41) is 2.44. The highest BCUT2D eigenvalue weighted by Crippen LogP contribution is 2.40. The lowest BCUT2D eigenvalue weighted by atomic mass is 9.76. The van der Waals surface area contributed by atoms with E-state index in [0.717, 1.165) is 25.7 Å². The zero-order valence-corrected chi connectivity index (χ0v) is 13.6. The number of hydrogen-bond donors (Lipinski definition) is 1. The van der Waals surface area contributed by atoms with Crippen molar-refractivity contribution in [3.8, 4) is 0 Å². The first-order chi connectivity index (χ1) is 10.1. The quantitative estimate of drug-likeness (QED) is 0.810. The Labute approximate surface area is 130 Å². The van der Waals surface area contributed by atoms with Crippen molar-refractivity contribution in [1.82, 2.24) is 10.2 Å². The summed E-state index contributed by atoms with van der Waals surface area (Å²) in [5.41, 5.74) is -1.00. The van der Waals surface area contributed by atoms with Gasteiger partial charge in [-0.3, -0.25) is 19.8 Å². The van der Waals surface area contributed by atoms with Crippen LogP contribution < -0.4 is 5.32 Å². The molecule has 6 heteroatoms. The van der Waals surface area contributed by atoms with E-state index in [4.69, 9.17) is 0 Å². The molecule has 1 spiro atoms. The average molecular weight is 312 g/mol. The van der Waals surface area contributed by atoms with Crippen molar-refractivity contribution in [2.45, 2.75) is 57.9 Å². The number of nitrogens with zero attached hydrogens (tertiary/aromatic N) is 1. The fourth-order valence-electron chi connectivity index (χ4n) is 3.37. The summed E-state index contributed by atoms with van der Waals surface area (Å²) in [6.45, 7) is 1.97. The molecule has 0 radical (unpaired) electrons. The van der Waals surface area contributed by atoms with Gasteiger partial charge in [-0.25, -0.2) is 4.79 Å². The number of barbiturate groups is 1. The lowest BCUT2D eigenvalue weighted by Gasteiger charge is -2.41. The Morgan fingerprint density at radius 2 is 1.81 bits per heavy atom. The highest BCUT2D eigenvalue weighted by atomic mass is 32.2. The van der Waals surface area contributed by atoms with Gasteiger partial charge in [-0.1, -0.05) is 32.6 Å². The van der Waals surface area contributed by atoms with Crippen LogP contribution in [0.1, 0.15) is 51.9 Å². The lowest BCUT2D eigenvalue weighted by molar-refractivity contribution is -0.153. The van der Waals surface area contributed by atoms with Crippen LogP contribution in [0.4, 0.5) is 4.79 Å². The van der Waals surface area contributed by atoms with Crippen LogP contribution in [0.2, 0.25) is 0 Å². The van der Waals surface area contributed by atoms with Crippen LogP contribution in [0.15, 0.2) is 0 Å². The van der Waals surface area contributed by atoms with Gasteiger partial charge in [-0.2, -0.15) is 11.8 Å². The average Bonchev–Trinajstić information content (AvgIpc) is 2.71. The highest BCUT2D eigenvalue weighted by molar-refractivity contribution is 7.98. The molecule has 0 aromatic carbocycles. The van der Waals surface area contributed by atoms with E-state index in [2.05, 4.69) is 5.32 Å². The minimum absolute atomic E-state index is 0.138. The summed E-state index contributed by atoms with van der Waals surface area (Å²) in [4.78, 5) is 38.8. The Morgan fingerprint density at radius 1 is 1.19 bits per heavy atom. The molecular formula is C15H24N2O3S. The van der Waals surface area contributed by atoms with Crippen LogP contribution in [-0.4, -0.2) is 40.8 Å². The molecule has 5 nitrogen and oxygen atoms in total. The normalized spacial score (nSPS) is 23.9. The molecule has 118 valence electrons. The van der Waals surface area contributed by atoms with Gasteiger partial charge in [0.15, 0.2) is 0 Å². The molecule has 0 aromatic heterocycles. The summed E-state index contributed by atoms with van der Waals surface area (Å²) in [6, 6.07) is -0.679. The first-order valence-corrected chi connectivity index (χ1v) is 9.14. The minimum Gasteiger partial charge on any atom is -0.277 e. The van der Waals surface area contributed by atoms with Crippen molar-refractivity contribution in [1.29, 1.82) is 0 Å². The predicted octanol–water partition coefficient (Wildman–Crippen LogP) is 2.55. The smallest absolute Gasteiger partial charge is 0.277 e. The molecule has 2 fully saturated rings. The van der Waals surface area contributed by atoms with Crippen molar-refractivity contribution >= 4 is 29.6 Å². The van der Waals surface area contributed by atoms with Crippen LogP contribution in [-0.2, 0) is 9.59 Å². The van der Waals surface area contributed by atoms with Gasteiger partial charge in [0.25, 0.3) is 0 Å². The monoisotopic (exact) mass is 312 g/mol. The number of imide groups is 2. The lowest BCUT2D eigenvalue weighted by Crippen LogP contribution is -2.66. The number of carbonyl (C=O) groups is 3. The third kappa shape index (κ3) is 2.96. The predicted molar refractivity (Wildman–Crippen MR) is 83.0 cm³/mol. The third-order valence-electron chi connectivity index (χ3n) is 4.65. The molecule has 1 saturated carbocycles. The summed E-state index contributed by atoms with van der Waals surface area (Å²) in [7, 11) is 0. The van der Waals surface area contributed by atoms with Gasteiger partial charge in [0.05, 0.1) is 6.04 Å². The van der Waals surface area contributed by atoms with Gasteiger partial charge < -0.3 is 0 Å². The fourth-order valence-corrected chi connectivity index (χ4v) is 4.14. The van der Waals surface area contributed by atoms with Gasteiger partial charge in [0.2, 0.25) is 11.8 Å². The van der Waals surface area contributed by atoms with Crippen molar-refractivity contribution in [2.24, 2.45) is 5.41 Å². The highest BCUT2D eigenvalue weighted by Gasteiger charge is 2.54. The number of thioether (sulfide) groups is 1. The molecule has 1 N–H and O–H groups in total. The molecule has 1 saturated heterocycles. The molecule has 0 aromatic rings. The first kappa shape index (κ1) is 16.3. The topological polar surface area (TPSA) is 66.5 Å². The van der Waals surface area contributed by atoms with Gasteiger partial charge in [-0.15, -0.1) is 0 Å².